The third kappa shape index (κ3) is 0.747. The molecule has 0 radical (unpaired) electrons. The van der Waals surface area contributed by atoms with Gasteiger partial charge in [0.05, 0.1) is 16.6 Å². The molecule has 2 aromatic rings. The van der Waals surface area contributed by atoms with E-state index in [9.17, 15) is 4.79 Å². The highest BCUT2D eigenvalue weighted by Gasteiger charge is 2.04. The lowest BCUT2D eigenvalue weighted by molar-refractivity contribution is 0.751. The molecule has 4 nitrogen and oxygen atoms in total. The lowest BCUT2D eigenvalue weighted by Crippen LogP contribution is -2.10. The summed E-state index contributed by atoms with van der Waals surface area (Å²) in [5.74, 6) is 0. The van der Waals surface area contributed by atoms with Gasteiger partial charge in [0.15, 0.2) is 0 Å². The monoisotopic (exact) mass is 163 g/mol. The number of nitrogen functional groups attached to an aromatic ring is 1. The average Bonchev–Trinajstić information content (AvgIpc) is 2.32. The number of fused-ring (bicyclic) bond motifs is 1. The summed E-state index contributed by atoms with van der Waals surface area (Å²) in [7, 11) is 1.67. The number of anilines is 1. The van der Waals surface area contributed by atoms with E-state index in [0.717, 1.165) is 0 Å². The first-order valence-corrected chi connectivity index (χ1v) is 3.63. The summed E-state index contributed by atoms with van der Waals surface area (Å²) in [6.45, 7) is 0. The predicted octanol–water partition coefficient (Wildman–Crippen LogP) is 0.449. The summed E-state index contributed by atoms with van der Waals surface area (Å²) < 4.78 is 1.42. The molecule has 0 fully saturated rings. The van der Waals surface area contributed by atoms with Crippen LogP contribution in [-0.4, -0.2) is 9.78 Å². The molecule has 4 heteroatoms. The van der Waals surface area contributed by atoms with E-state index >= 15 is 0 Å². The first kappa shape index (κ1) is 6.97. The van der Waals surface area contributed by atoms with Crippen LogP contribution < -0.4 is 11.3 Å². The average molecular weight is 163 g/mol. The maximum absolute atomic E-state index is 11.4. The number of H-pyrrole nitrogens is 1. The fraction of sp³-hybridized carbons (Fsp3) is 0.125. The molecule has 62 valence electrons. The zero-order valence-electron chi connectivity index (χ0n) is 6.66. The van der Waals surface area contributed by atoms with Crippen molar-refractivity contribution in [3.63, 3.8) is 0 Å². The molecule has 12 heavy (non-hydrogen) atoms. The standard InChI is InChI=1S/C8H9N3O/c1-11-8(12)5-3-2-4-6(9)7(5)10-11/h2-4,10H,9H2,1H3. The molecule has 1 aromatic carbocycles. The summed E-state index contributed by atoms with van der Waals surface area (Å²) in [6, 6.07) is 5.29. The molecule has 1 heterocycles. The summed E-state index contributed by atoms with van der Waals surface area (Å²) in [5, 5.41) is 3.51. The smallest absolute Gasteiger partial charge is 0.274 e. The second kappa shape index (κ2) is 2.14. The van der Waals surface area contributed by atoms with Crippen LogP contribution in [0.3, 0.4) is 0 Å². The van der Waals surface area contributed by atoms with Gasteiger partial charge in [-0.25, -0.2) is 0 Å². The zero-order chi connectivity index (χ0) is 8.72. The first-order chi connectivity index (χ1) is 5.70. The number of benzene rings is 1. The van der Waals surface area contributed by atoms with Gasteiger partial charge in [0.25, 0.3) is 5.56 Å². The van der Waals surface area contributed by atoms with E-state index in [4.69, 9.17) is 5.73 Å². The number of nitrogens with zero attached hydrogens (tertiary/aromatic N) is 1. The number of aromatic amines is 1. The zero-order valence-corrected chi connectivity index (χ0v) is 6.66. The highest BCUT2D eigenvalue weighted by atomic mass is 16.1. The van der Waals surface area contributed by atoms with E-state index in [2.05, 4.69) is 5.10 Å². The SMILES string of the molecule is Cn1[nH]c2c(N)cccc2c1=O. The highest BCUT2D eigenvalue weighted by Crippen LogP contribution is 2.14. The van der Waals surface area contributed by atoms with Crippen LogP contribution in [0, 0.1) is 0 Å². The van der Waals surface area contributed by atoms with Crippen molar-refractivity contribution in [3.8, 4) is 0 Å². The first-order valence-electron chi connectivity index (χ1n) is 3.63. The van der Waals surface area contributed by atoms with Crippen LogP contribution >= 0.6 is 0 Å². The number of aryl methyl sites for hydroxylation is 1. The Balaban J connectivity index is 3.05. The Morgan fingerprint density at radius 2 is 2.25 bits per heavy atom. The molecular formula is C8H9N3O. The molecule has 0 bridgehead atoms. The minimum atomic E-state index is -0.0442. The minimum Gasteiger partial charge on any atom is -0.397 e. The molecular weight excluding hydrogens is 154 g/mol. The van der Waals surface area contributed by atoms with E-state index in [-0.39, 0.29) is 5.56 Å². The molecule has 0 aliphatic heterocycles. The highest BCUT2D eigenvalue weighted by molar-refractivity contribution is 5.88. The Morgan fingerprint density at radius 1 is 1.50 bits per heavy atom. The molecule has 0 atom stereocenters. The van der Waals surface area contributed by atoms with Crippen LogP contribution in [0.15, 0.2) is 23.0 Å². The summed E-state index contributed by atoms with van der Waals surface area (Å²) in [5.41, 5.74) is 6.93. The second-order valence-corrected chi connectivity index (χ2v) is 2.75. The van der Waals surface area contributed by atoms with Crippen LogP contribution in [-0.2, 0) is 7.05 Å². The van der Waals surface area contributed by atoms with Gasteiger partial charge in [-0.1, -0.05) is 6.07 Å². The molecule has 0 unspecified atom stereocenters. The lowest BCUT2D eigenvalue weighted by Gasteiger charge is -1.91. The Labute approximate surface area is 68.6 Å². The van der Waals surface area contributed by atoms with E-state index in [0.29, 0.717) is 16.6 Å². The van der Waals surface area contributed by atoms with Gasteiger partial charge >= 0.3 is 0 Å². The molecule has 1 aromatic heterocycles. The molecule has 0 amide bonds. The molecule has 0 aliphatic rings. The van der Waals surface area contributed by atoms with Crippen molar-refractivity contribution in [2.45, 2.75) is 0 Å². The van der Waals surface area contributed by atoms with Crippen molar-refractivity contribution in [3.05, 3.63) is 28.6 Å². The van der Waals surface area contributed by atoms with Crippen molar-refractivity contribution in [1.29, 1.82) is 0 Å². The molecule has 0 spiro atoms. The van der Waals surface area contributed by atoms with Crippen LogP contribution in [0.25, 0.3) is 10.9 Å². The predicted molar refractivity (Wildman–Crippen MR) is 48.0 cm³/mol. The maximum Gasteiger partial charge on any atom is 0.274 e. The van der Waals surface area contributed by atoms with Gasteiger partial charge in [0, 0.05) is 7.05 Å². The Hall–Kier alpha value is -1.71. The third-order valence-electron chi connectivity index (χ3n) is 1.91. The summed E-state index contributed by atoms with van der Waals surface area (Å²) in [4.78, 5) is 11.4. The number of hydrogen-bond acceptors (Lipinski definition) is 2. The number of nitrogens with one attached hydrogen (secondary N) is 1. The quantitative estimate of drug-likeness (QED) is 0.554. The van der Waals surface area contributed by atoms with Gasteiger partial charge in [-0.15, -0.1) is 0 Å². The number of para-hydroxylation sites is 1. The van der Waals surface area contributed by atoms with E-state index in [1.807, 2.05) is 0 Å². The number of hydrogen-bond donors (Lipinski definition) is 2. The number of rotatable bonds is 0. The second-order valence-electron chi connectivity index (χ2n) is 2.75. The van der Waals surface area contributed by atoms with Crippen molar-refractivity contribution in [1.82, 2.24) is 9.78 Å². The minimum absolute atomic E-state index is 0.0442. The Bertz CT molecular complexity index is 480. The lowest BCUT2D eigenvalue weighted by atomic mass is 10.2. The van der Waals surface area contributed by atoms with E-state index in [1.54, 1.807) is 25.2 Å². The van der Waals surface area contributed by atoms with Crippen LogP contribution in [0.2, 0.25) is 0 Å². The van der Waals surface area contributed by atoms with Gasteiger partial charge < -0.3 is 5.73 Å². The van der Waals surface area contributed by atoms with E-state index in [1.165, 1.54) is 4.68 Å². The molecule has 0 saturated heterocycles. The van der Waals surface area contributed by atoms with Gasteiger partial charge in [0.1, 0.15) is 0 Å². The Kier molecular flexibility index (Phi) is 1.24. The number of nitrogens with two attached hydrogens (primary N) is 1. The summed E-state index contributed by atoms with van der Waals surface area (Å²) in [6.07, 6.45) is 0. The number of aromatic nitrogens is 2. The Morgan fingerprint density at radius 3 is 2.92 bits per heavy atom. The molecule has 0 saturated carbocycles. The van der Waals surface area contributed by atoms with Crippen LogP contribution in [0.4, 0.5) is 5.69 Å². The maximum atomic E-state index is 11.4. The molecule has 3 N–H and O–H groups in total. The molecule has 0 aliphatic carbocycles. The fourth-order valence-corrected chi connectivity index (χ4v) is 1.27. The van der Waals surface area contributed by atoms with Crippen LogP contribution in [0.5, 0.6) is 0 Å². The van der Waals surface area contributed by atoms with Gasteiger partial charge in [0.2, 0.25) is 0 Å². The summed E-state index contributed by atoms with van der Waals surface area (Å²) >= 11 is 0. The van der Waals surface area contributed by atoms with Crippen molar-refractivity contribution >= 4 is 16.6 Å². The van der Waals surface area contributed by atoms with Crippen molar-refractivity contribution in [2.24, 2.45) is 7.05 Å². The van der Waals surface area contributed by atoms with Crippen molar-refractivity contribution in [2.75, 3.05) is 5.73 Å². The van der Waals surface area contributed by atoms with Gasteiger partial charge in [-0.3, -0.25) is 14.6 Å². The van der Waals surface area contributed by atoms with Gasteiger partial charge in [-0.05, 0) is 12.1 Å². The van der Waals surface area contributed by atoms with Crippen LogP contribution in [0.1, 0.15) is 0 Å². The molecule has 2 rings (SSSR count). The van der Waals surface area contributed by atoms with Gasteiger partial charge in [-0.2, -0.15) is 0 Å². The third-order valence-corrected chi connectivity index (χ3v) is 1.91. The van der Waals surface area contributed by atoms with E-state index < -0.39 is 0 Å². The normalized spacial score (nSPS) is 10.8. The topological polar surface area (TPSA) is 63.8 Å². The largest absolute Gasteiger partial charge is 0.397 e. The fourth-order valence-electron chi connectivity index (χ4n) is 1.27. The van der Waals surface area contributed by atoms with Crippen molar-refractivity contribution < 1.29 is 0 Å².